The van der Waals surface area contributed by atoms with Gasteiger partial charge in [-0.25, -0.2) is 4.79 Å². The molecule has 0 spiro atoms. The van der Waals surface area contributed by atoms with E-state index >= 15 is 0 Å². The fourth-order valence-electron chi connectivity index (χ4n) is 9.86. The second-order valence-electron chi connectivity index (χ2n) is 15.1. The molecule has 4 aliphatic rings. The molecular weight excluding hydrogens is 494 g/mol. The van der Waals surface area contributed by atoms with Crippen LogP contribution in [0.3, 0.4) is 0 Å². The highest BCUT2D eigenvalue weighted by atomic mass is 16.6. The summed E-state index contributed by atoms with van der Waals surface area (Å²) in [6.45, 7) is 15.9. The van der Waals surface area contributed by atoms with E-state index in [4.69, 9.17) is 10.5 Å². The molecule has 40 heavy (non-hydrogen) atoms. The molecule has 230 valence electrons. The second kappa shape index (κ2) is 14.4. The smallest absolute Gasteiger partial charge is 0.407 e. The minimum absolute atomic E-state index is 0.0326. The van der Waals surface area contributed by atoms with Crippen molar-refractivity contribution in [1.82, 2.24) is 10.6 Å². The number of rotatable bonds is 14. The summed E-state index contributed by atoms with van der Waals surface area (Å²) in [5, 5.41) is 6.38. The van der Waals surface area contributed by atoms with Gasteiger partial charge in [-0.15, -0.1) is 0 Å². The average molecular weight is 558 g/mol. The number of allylic oxidation sites excluding steroid dienone is 1. The average Bonchev–Trinajstić information content (AvgIpc) is 3.27. The van der Waals surface area contributed by atoms with E-state index in [1.165, 1.54) is 57.8 Å². The highest BCUT2D eigenvalue weighted by Crippen LogP contribution is 2.67. The highest BCUT2D eigenvalue weighted by Gasteiger charge is 2.59. The number of carbonyl (C=O) groups is 1. The van der Waals surface area contributed by atoms with Crippen LogP contribution in [-0.2, 0) is 4.74 Å². The van der Waals surface area contributed by atoms with Crippen LogP contribution in [0.15, 0.2) is 11.6 Å². The molecule has 0 bridgehead atoms. The van der Waals surface area contributed by atoms with E-state index in [0.29, 0.717) is 17.4 Å². The number of unbranched alkanes of at least 4 members (excludes halogenated alkanes) is 1. The van der Waals surface area contributed by atoms with Crippen LogP contribution in [0.2, 0.25) is 0 Å². The van der Waals surface area contributed by atoms with E-state index in [2.05, 4.69) is 51.3 Å². The van der Waals surface area contributed by atoms with Crippen LogP contribution in [0.5, 0.6) is 0 Å². The quantitative estimate of drug-likeness (QED) is 0.150. The van der Waals surface area contributed by atoms with E-state index in [-0.39, 0.29) is 12.2 Å². The molecule has 3 saturated carbocycles. The molecule has 0 aromatic rings. The Hall–Kier alpha value is -1.07. The zero-order chi connectivity index (χ0) is 28.8. The van der Waals surface area contributed by atoms with Gasteiger partial charge in [0.2, 0.25) is 0 Å². The van der Waals surface area contributed by atoms with E-state index < -0.39 is 0 Å². The number of alkyl carbamates (subject to hydrolysis) is 1. The second-order valence-corrected chi connectivity index (χ2v) is 15.1. The van der Waals surface area contributed by atoms with Gasteiger partial charge in [0.25, 0.3) is 0 Å². The number of hydrogen-bond donors (Lipinski definition) is 3. The summed E-state index contributed by atoms with van der Waals surface area (Å²) in [6, 6.07) is 0. The Morgan fingerprint density at radius 3 is 2.52 bits per heavy atom. The number of ether oxygens (including phenoxy) is 1. The summed E-state index contributed by atoms with van der Waals surface area (Å²) < 4.78 is 5.93. The van der Waals surface area contributed by atoms with Gasteiger partial charge in [0, 0.05) is 13.0 Å². The third-order valence-corrected chi connectivity index (χ3v) is 12.1. The van der Waals surface area contributed by atoms with E-state index in [1.54, 1.807) is 5.57 Å². The van der Waals surface area contributed by atoms with Gasteiger partial charge in [-0.05, 0) is 130 Å². The van der Waals surface area contributed by atoms with Gasteiger partial charge in [-0.2, -0.15) is 0 Å². The van der Waals surface area contributed by atoms with Gasteiger partial charge >= 0.3 is 6.09 Å². The monoisotopic (exact) mass is 557 g/mol. The van der Waals surface area contributed by atoms with Crippen LogP contribution >= 0.6 is 0 Å². The van der Waals surface area contributed by atoms with Crippen molar-refractivity contribution in [2.45, 2.75) is 131 Å². The van der Waals surface area contributed by atoms with Crippen molar-refractivity contribution >= 4 is 6.09 Å². The predicted molar refractivity (Wildman–Crippen MR) is 167 cm³/mol. The number of nitrogens with one attached hydrogen (secondary N) is 2. The number of carbonyl (C=O) groups excluding carboxylic acids is 1. The van der Waals surface area contributed by atoms with Crippen LogP contribution in [0.1, 0.15) is 125 Å². The lowest BCUT2D eigenvalue weighted by molar-refractivity contribution is -0.0581. The molecule has 5 heteroatoms. The minimum atomic E-state index is -0.230. The Kier molecular flexibility index (Phi) is 11.5. The number of nitrogens with two attached hydrogens (primary N) is 1. The Morgan fingerprint density at radius 2 is 1.75 bits per heavy atom. The minimum Gasteiger partial charge on any atom is -0.446 e. The lowest BCUT2D eigenvalue weighted by Crippen LogP contribution is -2.51. The normalized spacial score (nSPS) is 35.9. The lowest BCUT2D eigenvalue weighted by Gasteiger charge is -2.58. The molecule has 8 atom stereocenters. The van der Waals surface area contributed by atoms with Crippen LogP contribution in [-0.4, -0.2) is 38.4 Å². The first-order valence-corrected chi connectivity index (χ1v) is 17.2. The van der Waals surface area contributed by atoms with E-state index in [1.807, 2.05) is 0 Å². The van der Waals surface area contributed by atoms with Crippen LogP contribution in [0.4, 0.5) is 4.79 Å². The molecule has 5 nitrogen and oxygen atoms in total. The third kappa shape index (κ3) is 7.28. The Morgan fingerprint density at radius 1 is 0.975 bits per heavy atom. The Balaban J connectivity index is 1.26. The molecule has 0 aromatic carbocycles. The molecular formula is C35H63N3O2. The van der Waals surface area contributed by atoms with Gasteiger partial charge in [0.1, 0.15) is 6.10 Å². The van der Waals surface area contributed by atoms with Crippen LogP contribution in [0.25, 0.3) is 0 Å². The van der Waals surface area contributed by atoms with Gasteiger partial charge in [0.05, 0.1) is 0 Å². The zero-order valence-electron chi connectivity index (χ0n) is 26.7. The van der Waals surface area contributed by atoms with Gasteiger partial charge in [-0.1, -0.05) is 65.5 Å². The zero-order valence-corrected chi connectivity index (χ0v) is 26.7. The number of hydrogen-bond acceptors (Lipinski definition) is 4. The van der Waals surface area contributed by atoms with Crippen molar-refractivity contribution in [3.63, 3.8) is 0 Å². The van der Waals surface area contributed by atoms with Crippen molar-refractivity contribution in [2.24, 2.45) is 52.1 Å². The molecule has 0 aromatic heterocycles. The van der Waals surface area contributed by atoms with Crippen molar-refractivity contribution in [2.75, 3.05) is 26.2 Å². The van der Waals surface area contributed by atoms with Crippen LogP contribution in [0, 0.1) is 46.3 Å². The summed E-state index contributed by atoms with van der Waals surface area (Å²) in [6.07, 6.45) is 19.8. The number of fused-ring (bicyclic) bond motifs is 5. The van der Waals surface area contributed by atoms with Gasteiger partial charge < -0.3 is 21.1 Å². The SMILES string of the molecule is CC(C)CCCC(C)C1CCC2C3CC=C4CC(OC(=O)NCCCCNCCCN)CCC4(C)C3CCC12C. The predicted octanol–water partition coefficient (Wildman–Crippen LogP) is 7.84. The fourth-order valence-corrected chi connectivity index (χ4v) is 9.86. The summed E-state index contributed by atoms with van der Waals surface area (Å²) >= 11 is 0. The summed E-state index contributed by atoms with van der Waals surface area (Å²) in [7, 11) is 0. The molecule has 3 fully saturated rings. The molecule has 4 N–H and O–H groups in total. The summed E-state index contributed by atoms with van der Waals surface area (Å²) in [5.41, 5.74) is 7.97. The van der Waals surface area contributed by atoms with Crippen molar-refractivity contribution < 1.29 is 9.53 Å². The lowest BCUT2D eigenvalue weighted by atomic mass is 9.47. The summed E-state index contributed by atoms with van der Waals surface area (Å²) in [5.74, 6) is 5.18. The molecule has 8 unspecified atom stereocenters. The number of amides is 1. The Bertz CT molecular complexity index is 842. The largest absolute Gasteiger partial charge is 0.446 e. The maximum Gasteiger partial charge on any atom is 0.407 e. The first-order chi connectivity index (χ1) is 19.2. The Labute approximate surface area is 246 Å². The third-order valence-electron chi connectivity index (χ3n) is 12.1. The maximum atomic E-state index is 12.5. The summed E-state index contributed by atoms with van der Waals surface area (Å²) in [4.78, 5) is 12.5. The fraction of sp³-hybridized carbons (Fsp3) is 0.914. The van der Waals surface area contributed by atoms with Crippen molar-refractivity contribution in [3.05, 3.63) is 11.6 Å². The van der Waals surface area contributed by atoms with Gasteiger partial charge in [-0.3, -0.25) is 0 Å². The standard InChI is InChI=1S/C35H63N3O2/c1-25(2)10-8-11-26(3)30-14-15-31-29-13-12-27-24-28(16-18-34(27,4)32(29)17-19-35(30,31)5)40-33(39)38-23-7-6-21-37-22-9-20-36/h12,25-26,28-32,37H,6-11,13-24,36H2,1-5H3,(H,38,39). The van der Waals surface area contributed by atoms with E-state index in [0.717, 1.165) is 87.2 Å². The molecule has 4 aliphatic carbocycles. The molecule has 0 heterocycles. The molecule has 0 aliphatic heterocycles. The molecule has 1 amide bonds. The molecule has 0 radical (unpaired) electrons. The topological polar surface area (TPSA) is 76.4 Å². The highest BCUT2D eigenvalue weighted by molar-refractivity contribution is 5.67. The van der Waals surface area contributed by atoms with Crippen LogP contribution < -0.4 is 16.4 Å². The van der Waals surface area contributed by atoms with Crippen molar-refractivity contribution in [3.8, 4) is 0 Å². The molecule has 0 saturated heterocycles. The van der Waals surface area contributed by atoms with Gasteiger partial charge in [0.15, 0.2) is 0 Å². The first-order valence-electron chi connectivity index (χ1n) is 17.2. The van der Waals surface area contributed by atoms with Crippen molar-refractivity contribution in [1.29, 1.82) is 0 Å². The van der Waals surface area contributed by atoms with E-state index in [9.17, 15) is 4.79 Å². The maximum absolute atomic E-state index is 12.5. The first kappa shape index (κ1) is 31.9. The molecule has 4 rings (SSSR count).